The Balaban J connectivity index is 1.80. The normalized spacial score (nSPS) is 13.6. The van der Waals surface area contributed by atoms with Gasteiger partial charge in [0.15, 0.2) is 0 Å². The van der Waals surface area contributed by atoms with Crippen molar-refractivity contribution in [2.75, 3.05) is 19.0 Å². The van der Waals surface area contributed by atoms with Gasteiger partial charge in [-0.2, -0.15) is 5.10 Å². The lowest BCUT2D eigenvalue weighted by molar-refractivity contribution is 0.414. The molecule has 27 heavy (non-hydrogen) atoms. The molecule has 2 heterocycles. The molecule has 4 nitrogen and oxygen atoms in total. The lowest BCUT2D eigenvalue weighted by Crippen LogP contribution is -2.07. The number of ether oxygens (including phenoxy) is 1. The van der Waals surface area contributed by atoms with E-state index in [-0.39, 0.29) is 0 Å². The molecule has 0 saturated carbocycles. The van der Waals surface area contributed by atoms with E-state index in [2.05, 4.69) is 17.4 Å². The molecular formula is C21H21Cl2N3O. The van der Waals surface area contributed by atoms with Crippen LogP contribution in [0.5, 0.6) is 5.75 Å². The van der Waals surface area contributed by atoms with Crippen molar-refractivity contribution in [3.63, 3.8) is 0 Å². The van der Waals surface area contributed by atoms with Crippen LogP contribution in [-0.2, 0) is 12.8 Å². The van der Waals surface area contributed by atoms with Crippen LogP contribution in [0.1, 0.15) is 29.7 Å². The summed E-state index contributed by atoms with van der Waals surface area (Å²) < 4.78 is 7.27. The molecule has 0 unspecified atom stereocenters. The number of aromatic nitrogens is 2. The molecular weight excluding hydrogens is 381 g/mol. The average molecular weight is 402 g/mol. The van der Waals surface area contributed by atoms with Crippen molar-refractivity contribution in [2.24, 2.45) is 0 Å². The monoisotopic (exact) mass is 401 g/mol. The largest absolute Gasteiger partial charge is 0.497 e. The zero-order valence-electron chi connectivity index (χ0n) is 15.1. The molecule has 0 aliphatic carbocycles. The van der Waals surface area contributed by atoms with Crippen LogP contribution in [0.4, 0.5) is 5.82 Å². The molecule has 0 amide bonds. The molecule has 0 atom stereocenters. The standard InChI is InChI=1S/C21H21Cl2N3O/c1-27-16-6-4-5-14(11-16)12-19-17-7-2-3-10-24-21(17)26(25-19)20-13-15(22)8-9-18(20)23/h4-6,8-9,11,13,24H,2-3,7,10,12H2,1H3. The van der Waals surface area contributed by atoms with E-state index in [0.717, 1.165) is 55.2 Å². The van der Waals surface area contributed by atoms with Gasteiger partial charge < -0.3 is 10.1 Å². The Morgan fingerprint density at radius 3 is 2.89 bits per heavy atom. The summed E-state index contributed by atoms with van der Waals surface area (Å²) in [6, 6.07) is 13.6. The summed E-state index contributed by atoms with van der Waals surface area (Å²) >= 11 is 12.7. The Morgan fingerprint density at radius 2 is 2.04 bits per heavy atom. The molecule has 1 aromatic heterocycles. The number of hydrogen-bond acceptors (Lipinski definition) is 3. The van der Waals surface area contributed by atoms with Gasteiger partial charge in [-0.3, -0.25) is 0 Å². The third-order valence-electron chi connectivity index (χ3n) is 4.85. The first-order valence-electron chi connectivity index (χ1n) is 9.08. The van der Waals surface area contributed by atoms with Crippen molar-refractivity contribution in [1.29, 1.82) is 0 Å². The molecule has 0 radical (unpaired) electrons. The van der Waals surface area contributed by atoms with Crippen molar-refractivity contribution in [1.82, 2.24) is 9.78 Å². The van der Waals surface area contributed by atoms with Gasteiger partial charge in [0.05, 0.1) is 23.5 Å². The van der Waals surface area contributed by atoms with Crippen molar-refractivity contribution >= 4 is 29.0 Å². The van der Waals surface area contributed by atoms with E-state index < -0.39 is 0 Å². The van der Waals surface area contributed by atoms with Gasteiger partial charge in [-0.25, -0.2) is 4.68 Å². The quantitative estimate of drug-likeness (QED) is 0.624. The van der Waals surface area contributed by atoms with Crippen LogP contribution >= 0.6 is 23.2 Å². The fourth-order valence-electron chi connectivity index (χ4n) is 3.51. The maximum Gasteiger partial charge on any atom is 0.133 e. The van der Waals surface area contributed by atoms with Crippen LogP contribution in [-0.4, -0.2) is 23.4 Å². The summed E-state index contributed by atoms with van der Waals surface area (Å²) in [7, 11) is 1.69. The smallest absolute Gasteiger partial charge is 0.133 e. The highest BCUT2D eigenvalue weighted by Gasteiger charge is 2.22. The minimum Gasteiger partial charge on any atom is -0.497 e. The molecule has 140 valence electrons. The van der Waals surface area contributed by atoms with Gasteiger partial charge in [0.1, 0.15) is 11.6 Å². The number of fused-ring (bicyclic) bond motifs is 1. The number of nitrogens with one attached hydrogen (secondary N) is 1. The van der Waals surface area contributed by atoms with Crippen molar-refractivity contribution in [2.45, 2.75) is 25.7 Å². The average Bonchev–Trinajstić information content (AvgIpc) is 2.85. The van der Waals surface area contributed by atoms with Crippen molar-refractivity contribution in [3.8, 4) is 11.4 Å². The number of benzene rings is 2. The van der Waals surface area contributed by atoms with E-state index in [4.69, 9.17) is 33.0 Å². The molecule has 4 rings (SSSR count). The molecule has 0 spiro atoms. The summed E-state index contributed by atoms with van der Waals surface area (Å²) in [6.45, 7) is 0.926. The third-order valence-corrected chi connectivity index (χ3v) is 5.41. The summed E-state index contributed by atoms with van der Waals surface area (Å²) in [5.74, 6) is 1.88. The minimum absolute atomic E-state index is 0.628. The van der Waals surface area contributed by atoms with Gasteiger partial charge >= 0.3 is 0 Å². The van der Waals surface area contributed by atoms with E-state index >= 15 is 0 Å². The predicted octanol–water partition coefficient (Wildman–Crippen LogP) is 5.53. The van der Waals surface area contributed by atoms with Crippen LogP contribution in [0.25, 0.3) is 5.69 Å². The topological polar surface area (TPSA) is 39.1 Å². The fourth-order valence-corrected chi connectivity index (χ4v) is 3.88. The van der Waals surface area contributed by atoms with Gasteiger partial charge in [0, 0.05) is 23.6 Å². The number of rotatable bonds is 4. The number of nitrogens with zero attached hydrogens (tertiary/aromatic N) is 2. The summed E-state index contributed by atoms with van der Waals surface area (Å²) in [5.41, 5.74) is 4.28. The summed E-state index contributed by atoms with van der Waals surface area (Å²) in [4.78, 5) is 0. The Morgan fingerprint density at radius 1 is 1.15 bits per heavy atom. The Hall–Kier alpha value is -2.17. The molecule has 6 heteroatoms. The van der Waals surface area contributed by atoms with Gasteiger partial charge in [-0.15, -0.1) is 0 Å². The van der Waals surface area contributed by atoms with Gasteiger partial charge in [0.2, 0.25) is 0 Å². The first-order chi connectivity index (χ1) is 13.2. The number of methoxy groups -OCH3 is 1. The molecule has 1 aliphatic heterocycles. The van der Waals surface area contributed by atoms with Crippen LogP contribution in [0.2, 0.25) is 10.0 Å². The summed E-state index contributed by atoms with van der Waals surface area (Å²) in [5, 5.41) is 9.74. The molecule has 3 aromatic rings. The Bertz CT molecular complexity index is 968. The van der Waals surface area contributed by atoms with Crippen LogP contribution < -0.4 is 10.1 Å². The maximum absolute atomic E-state index is 6.46. The molecule has 1 aliphatic rings. The first-order valence-corrected chi connectivity index (χ1v) is 9.84. The van der Waals surface area contributed by atoms with Crippen molar-refractivity contribution < 1.29 is 4.74 Å². The first kappa shape index (κ1) is 18.2. The number of hydrogen-bond donors (Lipinski definition) is 1. The van der Waals surface area contributed by atoms with Crippen LogP contribution in [0.3, 0.4) is 0 Å². The van der Waals surface area contributed by atoms with E-state index in [0.29, 0.717) is 10.0 Å². The maximum atomic E-state index is 6.46. The highest BCUT2D eigenvalue weighted by molar-refractivity contribution is 6.34. The Labute approximate surface area is 169 Å². The fraction of sp³-hybridized carbons (Fsp3) is 0.286. The lowest BCUT2D eigenvalue weighted by Gasteiger charge is -2.11. The van der Waals surface area contributed by atoms with Crippen LogP contribution in [0, 0.1) is 0 Å². The van der Waals surface area contributed by atoms with E-state index in [1.54, 1.807) is 13.2 Å². The molecule has 0 saturated heterocycles. The van der Waals surface area contributed by atoms with Gasteiger partial charge in [-0.05, 0) is 55.2 Å². The summed E-state index contributed by atoms with van der Waals surface area (Å²) in [6.07, 6.45) is 4.02. The number of anilines is 1. The van der Waals surface area contributed by atoms with Gasteiger partial charge in [0.25, 0.3) is 0 Å². The predicted molar refractivity (Wildman–Crippen MR) is 111 cm³/mol. The second-order valence-corrected chi connectivity index (χ2v) is 7.54. The zero-order valence-corrected chi connectivity index (χ0v) is 16.6. The molecule has 0 fully saturated rings. The molecule has 2 aromatic carbocycles. The third kappa shape index (κ3) is 3.78. The zero-order chi connectivity index (χ0) is 18.8. The second-order valence-electron chi connectivity index (χ2n) is 6.69. The number of halogens is 2. The molecule has 1 N–H and O–H groups in total. The Kier molecular flexibility index (Phi) is 5.28. The second kappa shape index (κ2) is 7.83. The molecule has 0 bridgehead atoms. The minimum atomic E-state index is 0.628. The van der Waals surface area contributed by atoms with E-state index in [1.165, 1.54) is 11.1 Å². The van der Waals surface area contributed by atoms with Crippen molar-refractivity contribution in [3.05, 3.63) is 69.3 Å². The highest BCUT2D eigenvalue weighted by Crippen LogP contribution is 2.33. The van der Waals surface area contributed by atoms with Gasteiger partial charge in [-0.1, -0.05) is 35.3 Å². The SMILES string of the molecule is COc1cccc(Cc2nn(-c3cc(Cl)ccc3Cl)c3c2CCCCN3)c1. The van der Waals surface area contributed by atoms with Crippen LogP contribution in [0.15, 0.2) is 42.5 Å². The van der Waals surface area contributed by atoms with E-state index in [1.807, 2.05) is 28.9 Å². The lowest BCUT2D eigenvalue weighted by atomic mass is 10.0. The van der Waals surface area contributed by atoms with E-state index in [9.17, 15) is 0 Å². The highest BCUT2D eigenvalue weighted by atomic mass is 35.5.